The lowest BCUT2D eigenvalue weighted by Crippen LogP contribution is -2.36. The second-order valence-electron chi connectivity index (χ2n) is 6.34. The number of hydrogen-bond acceptors (Lipinski definition) is 7. The molecule has 2 N–H and O–H groups in total. The number of hydrogen-bond donors (Lipinski definition) is 2. The first-order valence-corrected chi connectivity index (χ1v) is 9.83. The van der Waals surface area contributed by atoms with Crippen LogP contribution >= 0.6 is 11.3 Å². The van der Waals surface area contributed by atoms with Gasteiger partial charge in [0.2, 0.25) is 11.8 Å². The maximum atomic E-state index is 12.3. The normalized spacial score (nSPS) is 10.5. The van der Waals surface area contributed by atoms with Crippen LogP contribution in [0.3, 0.4) is 0 Å². The van der Waals surface area contributed by atoms with Crippen molar-refractivity contribution in [1.82, 2.24) is 4.90 Å². The summed E-state index contributed by atoms with van der Waals surface area (Å²) in [4.78, 5) is 38.4. The van der Waals surface area contributed by atoms with Gasteiger partial charge in [-0.05, 0) is 44.7 Å². The molecule has 0 radical (unpaired) electrons. The second kappa shape index (κ2) is 10.6. The number of amides is 2. The van der Waals surface area contributed by atoms with E-state index in [1.165, 1.54) is 11.3 Å². The zero-order valence-electron chi connectivity index (χ0n) is 16.9. The summed E-state index contributed by atoms with van der Waals surface area (Å²) in [7, 11) is 3.23. The molecule has 156 valence electrons. The molecule has 1 aromatic heterocycles. The topological polar surface area (TPSA) is 97.0 Å². The molecule has 0 bridgehead atoms. The Morgan fingerprint density at radius 1 is 1.10 bits per heavy atom. The van der Waals surface area contributed by atoms with E-state index in [1.54, 1.807) is 63.2 Å². The van der Waals surface area contributed by atoms with Gasteiger partial charge in [-0.15, -0.1) is 11.3 Å². The summed E-state index contributed by atoms with van der Waals surface area (Å²) in [6.07, 6.45) is 0. The highest BCUT2D eigenvalue weighted by atomic mass is 32.1. The van der Waals surface area contributed by atoms with E-state index < -0.39 is 5.97 Å². The number of thiophene rings is 1. The fourth-order valence-corrected chi connectivity index (χ4v) is 3.55. The minimum atomic E-state index is -0.401. The lowest BCUT2D eigenvalue weighted by molar-refractivity contribution is -0.119. The van der Waals surface area contributed by atoms with Crippen LogP contribution in [0.2, 0.25) is 0 Å². The Hall–Kier alpha value is -2.91. The number of nitrogens with one attached hydrogen (secondary N) is 2. The molecule has 0 unspecified atom stereocenters. The van der Waals surface area contributed by atoms with Gasteiger partial charge in [0.1, 0.15) is 10.6 Å². The summed E-state index contributed by atoms with van der Waals surface area (Å²) in [5.41, 5.74) is 1.36. The molecule has 0 aliphatic carbocycles. The smallest absolute Gasteiger partial charge is 0.348 e. The molecule has 0 aliphatic rings. The van der Waals surface area contributed by atoms with Gasteiger partial charge in [0.05, 0.1) is 31.8 Å². The van der Waals surface area contributed by atoms with Crippen LogP contribution in [0, 0.1) is 6.92 Å². The highest BCUT2D eigenvalue weighted by Crippen LogP contribution is 2.27. The van der Waals surface area contributed by atoms with Gasteiger partial charge >= 0.3 is 5.97 Å². The fraction of sp³-hybridized carbons (Fsp3) is 0.350. The molecule has 2 aromatic rings. The largest absolute Gasteiger partial charge is 0.497 e. The third kappa shape index (κ3) is 6.88. The third-order valence-corrected chi connectivity index (χ3v) is 4.95. The van der Waals surface area contributed by atoms with Crippen LogP contribution in [0.1, 0.15) is 22.2 Å². The van der Waals surface area contributed by atoms with Crippen LogP contribution in [0.25, 0.3) is 0 Å². The van der Waals surface area contributed by atoms with Crippen LogP contribution in [0.15, 0.2) is 30.3 Å². The van der Waals surface area contributed by atoms with Gasteiger partial charge in [-0.2, -0.15) is 0 Å². The zero-order chi connectivity index (χ0) is 21.4. The number of likely N-dealkylation sites (N-methyl/N-ethyl adjacent to an activating group) is 1. The van der Waals surface area contributed by atoms with E-state index in [4.69, 9.17) is 9.47 Å². The van der Waals surface area contributed by atoms with E-state index in [-0.39, 0.29) is 24.9 Å². The molecule has 0 spiro atoms. The predicted octanol–water partition coefficient (Wildman–Crippen LogP) is 2.75. The first-order valence-electron chi connectivity index (χ1n) is 9.02. The summed E-state index contributed by atoms with van der Waals surface area (Å²) < 4.78 is 10.1. The van der Waals surface area contributed by atoms with E-state index in [0.717, 1.165) is 5.56 Å². The highest BCUT2D eigenvalue weighted by Gasteiger charge is 2.17. The minimum Gasteiger partial charge on any atom is -0.497 e. The number of methoxy groups -OCH3 is 1. The number of esters is 1. The molecular weight excluding hydrogens is 394 g/mol. The Kier molecular flexibility index (Phi) is 8.17. The monoisotopic (exact) mass is 419 g/mol. The van der Waals surface area contributed by atoms with Crippen molar-refractivity contribution < 1.29 is 23.9 Å². The van der Waals surface area contributed by atoms with Gasteiger partial charge in [0.15, 0.2) is 0 Å². The maximum Gasteiger partial charge on any atom is 0.348 e. The summed E-state index contributed by atoms with van der Waals surface area (Å²) in [5, 5.41) is 6.07. The minimum absolute atomic E-state index is 0.0250. The summed E-state index contributed by atoms with van der Waals surface area (Å²) >= 11 is 1.17. The fourth-order valence-electron chi connectivity index (χ4n) is 2.57. The summed E-state index contributed by atoms with van der Waals surface area (Å²) in [5.74, 6) is -0.283. The van der Waals surface area contributed by atoms with Crippen molar-refractivity contribution in [2.45, 2.75) is 13.8 Å². The van der Waals surface area contributed by atoms with E-state index in [0.29, 0.717) is 27.9 Å². The number of benzene rings is 1. The molecule has 2 amide bonds. The average Bonchev–Trinajstić information content (AvgIpc) is 3.01. The van der Waals surface area contributed by atoms with E-state index in [2.05, 4.69) is 10.6 Å². The van der Waals surface area contributed by atoms with Crippen molar-refractivity contribution in [1.29, 1.82) is 0 Å². The number of ether oxygens (including phenoxy) is 2. The van der Waals surface area contributed by atoms with Crippen molar-refractivity contribution in [3.63, 3.8) is 0 Å². The molecule has 29 heavy (non-hydrogen) atoms. The molecule has 8 nitrogen and oxygen atoms in total. The number of anilines is 2. The Labute approximate surface area is 173 Å². The first-order chi connectivity index (χ1) is 13.8. The zero-order valence-corrected chi connectivity index (χ0v) is 17.7. The van der Waals surface area contributed by atoms with E-state index in [1.807, 2.05) is 0 Å². The Morgan fingerprint density at radius 2 is 1.79 bits per heavy atom. The number of nitrogens with zero attached hydrogens (tertiary/aromatic N) is 1. The Balaban J connectivity index is 1.85. The molecule has 9 heteroatoms. The lowest BCUT2D eigenvalue weighted by atomic mass is 10.3. The molecular formula is C20H25N3O5S. The van der Waals surface area contributed by atoms with Gasteiger partial charge in [-0.3, -0.25) is 14.5 Å². The molecule has 0 aliphatic heterocycles. The summed E-state index contributed by atoms with van der Waals surface area (Å²) in [6.45, 7) is 3.89. The average molecular weight is 420 g/mol. The SMILES string of the molecule is CCOC(=O)c1sc(NC(=O)CN(C)CC(=O)Nc2cccc(OC)c2)cc1C. The number of carbonyl (C=O) groups excluding carboxylic acids is 3. The van der Waals surface area contributed by atoms with Crippen molar-refractivity contribution >= 4 is 39.8 Å². The van der Waals surface area contributed by atoms with Crippen LogP contribution < -0.4 is 15.4 Å². The van der Waals surface area contributed by atoms with Gasteiger partial charge in [-0.25, -0.2) is 4.79 Å². The molecule has 0 saturated carbocycles. The molecule has 1 heterocycles. The maximum absolute atomic E-state index is 12.3. The molecule has 0 atom stereocenters. The Bertz CT molecular complexity index is 881. The molecule has 1 aromatic carbocycles. The Morgan fingerprint density at radius 3 is 2.45 bits per heavy atom. The van der Waals surface area contributed by atoms with E-state index >= 15 is 0 Å². The van der Waals surface area contributed by atoms with Gasteiger partial charge in [-0.1, -0.05) is 6.07 Å². The number of rotatable bonds is 9. The van der Waals surface area contributed by atoms with Crippen molar-refractivity contribution in [2.75, 3.05) is 44.5 Å². The molecule has 0 fully saturated rings. The van der Waals surface area contributed by atoms with Gasteiger partial charge in [0.25, 0.3) is 0 Å². The number of carbonyl (C=O) groups is 3. The quantitative estimate of drug-likeness (QED) is 0.607. The third-order valence-electron chi connectivity index (χ3n) is 3.82. The van der Waals surface area contributed by atoms with Crippen molar-refractivity contribution in [3.8, 4) is 5.75 Å². The van der Waals surface area contributed by atoms with Crippen LogP contribution in [0.5, 0.6) is 5.75 Å². The van der Waals surface area contributed by atoms with Gasteiger partial charge < -0.3 is 20.1 Å². The van der Waals surface area contributed by atoms with Crippen molar-refractivity contribution in [3.05, 3.63) is 40.8 Å². The molecule has 2 rings (SSSR count). The predicted molar refractivity (Wildman–Crippen MR) is 113 cm³/mol. The van der Waals surface area contributed by atoms with Crippen LogP contribution in [0.4, 0.5) is 10.7 Å². The first kappa shape index (κ1) is 22.4. The van der Waals surface area contributed by atoms with Gasteiger partial charge in [0, 0.05) is 11.8 Å². The second-order valence-corrected chi connectivity index (χ2v) is 7.40. The highest BCUT2D eigenvalue weighted by molar-refractivity contribution is 7.18. The number of aryl methyl sites for hydroxylation is 1. The van der Waals surface area contributed by atoms with Crippen LogP contribution in [-0.2, 0) is 14.3 Å². The molecule has 0 saturated heterocycles. The lowest BCUT2D eigenvalue weighted by Gasteiger charge is -2.15. The summed E-state index contributed by atoms with van der Waals surface area (Å²) in [6, 6.07) is 8.76. The van der Waals surface area contributed by atoms with E-state index in [9.17, 15) is 14.4 Å². The standard InChI is InChI=1S/C20H25N3O5S/c1-5-28-20(26)19-13(2)9-18(29-19)22-17(25)12-23(3)11-16(24)21-14-7-6-8-15(10-14)27-4/h6-10H,5,11-12H2,1-4H3,(H,21,24)(H,22,25). The van der Waals surface area contributed by atoms with Crippen molar-refractivity contribution in [2.24, 2.45) is 0 Å². The van der Waals surface area contributed by atoms with Crippen LogP contribution in [-0.4, -0.2) is 56.5 Å².